The molecular weight excluding hydrogens is 317 g/mol. The Morgan fingerprint density at radius 1 is 1.05 bits per heavy atom. The molecule has 0 radical (unpaired) electrons. The lowest BCUT2D eigenvalue weighted by molar-refractivity contribution is 0.960. The first-order valence-electron chi connectivity index (χ1n) is 5.84. The van der Waals surface area contributed by atoms with Gasteiger partial charge in [-0.25, -0.2) is 4.98 Å². The molecule has 0 unspecified atom stereocenters. The maximum absolute atomic E-state index is 6.08. The predicted molar refractivity (Wildman–Crippen MR) is 85.6 cm³/mol. The van der Waals surface area contributed by atoms with Crippen molar-refractivity contribution in [1.29, 1.82) is 0 Å². The number of halogens is 3. The number of rotatable bonds is 1. The number of hydrogen-bond acceptors (Lipinski definition) is 2. The molecule has 20 heavy (non-hydrogen) atoms. The predicted octanol–water partition coefficient (Wildman–Crippen LogP) is 4.78. The Labute approximate surface area is 130 Å². The number of anilines is 1. The Hall–Kier alpha value is -1.42. The van der Waals surface area contributed by atoms with Crippen LogP contribution in [0.15, 0.2) is 30.3 Å². The molecule has 3 nitrogen and oxygen atoms in total. The largest absolute Gasteiger partial charge is 0.397 e. The van der Waals surface area contributed by atoms with Gasteiger partial charge in [-0.15, -0.1) is 0 Å². The molecule has 0 aliphatic heterocycles. The highest BCUT2D eigenvalue weighted by Gasteiger charge is 2.15. The van der Waals surface area contributed by atoms with Crippen molar-refractivity contribution in [3.8, 4) is 11.4 Å². The minimum Gasteiger partial charge on any atom is -0.397 e. The molecule has 0 aliphatic rings. The molecule has 0 atom stereocenters. The van der Waals surface area contributed by atoms with E-state index in [9.17, 15) is 0 Å². The van der Waals surface area contributed by atoms with Crippen LogP contribution >= 0.6 is 34.8 Å². The molecule has 0 saturated carbocycles. The summed E-state index contributed by atoms with van der Waals surface area (Å²) in [6, 6.07) is 8.91. The van der Waals surface area contributed by atoms with Crippen LogP contribution in [0.25, 0.3) is 22.4 Å². The molecule has 1 aromatic heterocycles. The van der Waals surface area contributed by atoms with Crippen LogP contribution in [-0.2, 0) is 7.05 Å². The average molecular weight is 327 g/mol. The van der Waals surface area contributed by atoms with Gasteiger partial charge in [0.25, 0.3) is 0 Å². The Balaban J connectivity index is 2.32. The SMILES string of the molecule is Cn1c(-c2cc(Cl)cc(Cl)c2N)nc2cc(Cl)ccc21. The van der Waals surface area contributed by atoms with Crippen molar-refractivity contribution in [2.24, 2.45) is 7.05 Å². The van der Waals surface area contributed by atoms with Gasteiger partial charge in [0.2, 0.25) is 0 Å². The van der Waals surface area contributed by atoms with E-state index >= 15 is 0 Å². The Bertz CT molecular complexity index is 824. The van der Waals surface area contributed by atoms with Crippen LogP contribution in [0.1, 0.15) is 0 Å². The average Bonchev–Trinajstić information content (AvgIpc) is 2.70. The number of hydrogen-bond donors (Lipinski definition) is 1. The molecule has 0 spiro atoms. The molecular formula is C14H10Cl3N3. The maximum atomic E-state index is 6.08. The summed E-state index contributed by atoms with van der Waals surface area (Å²) in [6.45, 7) is 0. The van der Waals surface area contributed by atoms with Crippen molar-refractivity contribution >= 4 is 51.5 Å². The monoisotopic (exact) mass is 325 g/mol. The highest BCUT2D eigenvalue weighted by molar-refractivity contribution is 6.37. The highest BCUT2D eigenvalue weighted by Crippen LogP contribution is 2.35. The molecule has 0 saturated heterocycles. The quantitative estimate of drug-likeness (QED) is 0.654. The summed E-state index contributed by atoms with van der Waals surface area (Å²) in [6.07, 6.45) is 0. The molecule has 3 rings (SSSR count). The van der Waals surface area contributed by atoms with E-state index in [1.54, 1.807) is 12.1 Å². The molecule has 2 N–H and O–H groups in total. The topological polar surface area (TPSA) is 43.8 Å². The van der Waals surface area contributed by atoms with Crippen molar-refractivity contribution in [2.75, 3.05) is 5.73 Å². The van der Waals surface area contributed by atoms with Crippen LogP contribution in [0.3, 0.4) is 0 Å². The normalized spacial score (nSPS) is 11.2. The van der Waals surface area contributed by atoms with Gasteiger partial charge in [-0.1, -0.05) is 34.8 Å². The lowest BCUT2D eigenvalue weighted by Crippen LogP contribution is -1.97. The maximum Gasteiger partial charge on any atom is 0.143 e. The molecule has 1 heterocycles. The summed E-state index contributed by atoms with van der Waals surface area (Å²) in [7, 11) is 1.91. The number of nitrogen functional groups attached to an aromatic ring is 1. The number of aryl methyl sites for hydroxylation is 1. The zero-order chi connectivity index (χ0) is 14.4. The van der Waals surface area contributed by atoms with Crippen LogP contribution in [0, 0.1) is 0 Å². The van der Waals surface area contributed by atoms with Gasteiger partial charge in [-0.2, -0.15) is 0 Å². The van der Waals surface area contributed by atoms with Crippen molar-refractivity contribution in [1.82, 2.24) is 9.55 Å². The molecule has 102 valence electrons. The minimum absolute atomic E-state index is 0.414. The van der Waals surface area contributed by atoms with E-state index in [-0.39, 0.29) is 0 Å². The molecule has 6 heteroatoms. The van der Waals surface area contributed by atoms with E-state index in [2.05, 4.69) is 4.98 Å². The van der Waals surface area contributed by atoms with Gasteiger partial charge in [0, 0.05) is 22.7 Å². The summed E-state index contributed by atoms with van der Waals surface area (Å²) in [5.74, 6) is 0.698. The van der Waals surface area contributed by atoms with Gasteiger partial charge in [0.15, 0.2) is 0 Å². The number of nitrogens with zero attached hydrogens (tertiary/aromatic N) is 2. The fraction of sp³-hybridized carbons (Fsp3) is 0.0714. The van der Waals surface area contributed by atoms with E-state index in [0.29, 0.717) is 32.1 Å². The third kappa shape index (κ3) is 2.12. The van der Waals surface area contributed by atoms with Gasteiger partial charge in [-0.05, 0) is 30.3 Å². The first-order valence-corrected chi connectivity index (χ1v) is 6.97. The number of nitrogens with two attached hydrogens (primary N) is 1. The number of imidazole rings is 1. The summed E-state index contributed by atoms with van der Waals surface area (Å²) >= 11 is 18.1. The van der Waals surface area contributed by atoms with E-state index < -0.39 is 0 Å². The standard InChI is InChI=1S/C14H10Cl3N3/c1-20-12-3-2-7(15)6-11(12)19-14(20)9-4-8(16)5-10(17)13(9)18/h2-6H,18H2,1H3. The van der Waals surface area contributed by atoms with Crippen molar-refractivity contribution in [3.05, 3.63) is 45.4 Å². The summed E-state index contributed by atoms with van der Waals surface area (Å²) < 4.78 is 1.93. The number of fused-ring (bicyclic) bond motifs is 1. The van der Waals surface area contributed by atoms with E-state index in [1.165, 1.54) is 0 Å². The van der Waals surface area contributed by atoms with Gasteiger partial charge in [0.05, 0.1) is 21.7 Å². The smallest absolute Gasteiger partial charge is 0.143 e. The second-order valence-electron chi connectivity index (χ2n) is 4.48. The van der Waals surface area contributed by atoms with Gasteiger partial charge in [0.1, 0.15) is 5.82 Å². The lowest BCUT2D eigenvalue weighted by Gasteiger charge is -2.08. The van der Waals surface area contributed by atoms with Crippen molar-refractivity contribution < 1.29 is 0 Å². The zero-order valence-electron chi connectivity index (χ0n) is 10.5. The van der Waals surface area contributed by atoms with Crippen molar-refractivity contribution in [2.45, 2.75) is 0 Å². The number of benzene rings is 2. The molecule has 0 amide bonds. The Morgan fingerprint density at radius 2 is 1.80 bits per heavy atom. The van der Waals surface area contributed by atoms with Gasteiger partial charge >= 0.3 is 0 Å². The molecule has 0 fully saturated rings. The van der Waals surface area contributed by atoms with Crippen LogP contribution in [-0.4, -0.2) is 9.55 Å². The summed E-state index contributed by atoms with van der Waals surface area (Å²) in [5.41, 5.74) is 8.95. The Kier molecular flexibility index (Phi) is 3.28. The second kappa shape index (κ2) is 4.85. The first-order chi connectivity index (χ1) is 9.47. The third-order valence-corrected chi connectivity index (χ3v) is 3.94. The Morgan fingerprint density at radius 3 is 2.55 bits per heavy atom. The highest BCUT2D eigenvalue weighted by atomic mass is 35.5. The lowest BCUT2D eigenvalue weighted by atomic mass is 10.1. The van der Waals surface area contributed by atoms with Crippen LogP contribution in [0.5, 0.6) is 0 Å². The molecule has 2 aromatic carbocycles. The van der Waals surface area contributed by atoms with E-state index in [1.807, 2.05) is 29.8 Å². The van der Waals surface area contributed by atoms with Gasteiger partial charge in [-0.3, -0.25) is 0 Å². The third-order valence-electron chi connectivity index (χ3n) is 3.18. The molecule has 0 bridgehead atoms. The summed E-state index contributed by atoms with van der Waals surface area (Å²) in [5, 5.41) is 1.57. The van der Waals surface area contributed by atoms with Gasteiger partial charge < -0.3 is 10.3 Å². The minimum atomic E-state index is 0.414. The fourth-order valence-corrected chi connectivity index (χ4v) is 2.84. The first kappa shape index (κ1) is 13.6. The second-order valence-corrected chi connectivity index (χ2v) is 5.76. The molecule has 0 aliphatic carbocycles. The zero-order valence-corrected chi connectivity index (χ0v) is 12.8. The van der Waals surface area contributed by atoms with Crippen LogP contribution < -0.4 is 5.73 Å². The van der Waals surface area contributed by atoms with Crippen molar-refractivity contribution in [3.63, 3.8) is 0 Å². The number of aromatic nitrogens is 2. The van der Waals surface area contributed by atoms with E-state index in [0.717, 1.165) is 11.0 Å². The summed E-state index contributed by atoms with van der Waals surface area (Å²) in [4.78, 5) is 4.57. The fourth-order valence-electron chi connectivity index (χ4n) is 2.18. The van der Waals surface area contributed by atoms with Crippen LogP contribution in [0.4, 0.5) is 5.69 Å². The van der Waals surface area contributed by atoms with E-state index in [4.69, 9.17) is 40.5 Å². The molecule has 3 aromatic rings. The van der Waals surface area contributed by atoms with Crippen LogP contribution in [0.2, 0.25) is 15.1 Å².